The predicted octanol–water partition coefficient (Wildman–Crippen LogP) is 1.66. The fourth-order valence-corrected chi connectivity index (χ4v) is 25.5. The quantitative estimate of drug-likeness (QED) is 0.396. The maximum absolute atomic E-state index is 2.61. The van der Waals surface area contributed by atoms with Crippen LogP contribution in [0.1, 0.15) is 37.8 Å². The van der Waals surface area contributed by atoms with Crippen molar-refractivity contribution in [2.45, 2.75) is 33.2 Å². The molecule has 0 saturated carbocycles. The van der Waals surface area contributed by atoms with Crippen molar-refractivity contribution >= 4 is 21.8 Å². The molecule has 3 aromatic carbocycles. The van der Waals surface area contributed by atoms with E-state index >= 15 is 0 Å². The molecule has 3 aromatic rings. The standard InChI is InChI=1S/2C12H11.C7H8Si.2ClH.Zr/c2*1-10-7-8-12(9-10)11-5-3-2-4-6-11;1-8-7-5-3-2-4-6-7;;;/h2*2-6,9H,8H2,1H3;2-6H,1H3;2*1H;/q;;;;;+2/p-2. The fourth-order valence-electron chi connectivity index (χ4n) is 5.17. The molecule has 0 unspecified atom stereocenters. The normalized spacial score (nSPS) is 14.5. The smallest absolute Gasteiger partial charge is 1.00 e. The van der Waals surface area contributed by atoms with E-state index in [-0.39, 0.29) is 24.8 Å². The Hall–Kier alpha value is -1.70. The molecule has 0 nitrogen and oxygen atoms in total. The minimum absolute atomic E-state index is 0. The van der Waals surface area contributed by atoms with Gasteiger partial charge in [0.05, 0.1) is 0 Å². The predicted molar refractivity (Wildman–Crippen MR) is 141 cm³/mol. The van der Waals surface area contributed by atoms with Gasteiger partial charge in [0.1, 0.15) is 0 Å². The maximum Gasteiger partial charge on any atom is -1.00 e. The van der Waals surface area contributed by atoms with Gasteiger partial charge in [0.25, 0.3) is 0 Å². The molecule has 0 aromatic heterocycles. The molecule has 0 heterocycles. The molecule has 0 N–H and O–H groups in total. The van der Waals surface area contributed by atoms with Gasteiger partial charge < -0.3 is 24.8 Å². The Morgan fingerprint density at radius 1 is 0.571 bits per heavy atom. The summed E-state index contributed by atoms with van der Waals surface area (Å²) in [4.78, 5) is 0. The molecule has 0 radical (unpaired) electrons. The summed E-state index contributed by atoms with van der Waals surface area (Å²) in [7, 11) is 0. The van der Waals surface area contributed by atoms with Gasteiger partial charge in [-0.25, -0.2) is 0 Å². The van der Waals surface area contributed by atoms with Gasteiger partial charge in [-0.15, -0.1) is 0 Å². The fraction of sp³-hybridized carbons (Fsp3) is 0.161. The summed E-state index contributed by atoms with van der Waals surface area (Å²) in [6.07, 6.45) is 7.28. The number of benzene rings is 3. The van der Waals surface area contributed by atoms with Crippen molar-refractivity contribution in [3.8, 4) is 0 Å². The number of hydrogen-bond acceptors (Lipinski definition) is 0. The van der Waals surface area contributed by atoms with Crippen LogP contribution in [0.25, 0.3) is 11.1 Å². The second-order valence-corrected chi connectivity index (χ2v) is 24.2. The van der Waals surface area contributed by atoms with E-state index in [2.05, 4.69) is 124 Å². The first kappa shape index (κ1) is 27.9. The molecule has 35 heavy (non-hydrogen) atoms. The van der Waals surface area contributed by atoms with Gasteiger partial charge in [-0.2, -0.15) is 0 Å². The molecule has 0 aliphatic heterocycles. The van der Waals surface area contributed by atoms with E-state index in [1.807, 2.05) is 6.56 Å². The van der Waals surface area contributed by atoms with Crippen LogP contribution in [-0.4, -0.2) is 5.43 Å². The maximum atomic E-state index is 2.61. The third-order valence-electron chi connectivity index (χ3n) is 6.94. The van der Waals surface area contributed by atoms with Crippen molar-refractivity contribution in [2.24, 2.45) is 0 Å². The van der Waals surface area contributed by atoms with Gasteiger partial charge in [-0.1, -0.05) is 0 Å². The average Bonchev–Trinajstić information content (AvgIpc) is 3.44. The Balaban J connectivity index is 0.00000171. The van der Waals surface area contributed by atoms with Crippen LogP contribution in [0, 0.1) is 0 Å². The van der Waals surface area contributed by atoms with E-state index in [4.69, 9.17) is 0 Å². The molecule has 0 spiro atoms. The molecule has 4 heteroatoms. The van der Waals surface area contributed by atoms with Crippen LogP contribution in [0.4, 0.5) is 0 Å². The minimum Gasteiger partial charge on any atom is -1.00 e. The molecular weight excluding hydrogens is 563 g/mol. The number of rotatable bonds is 5. The Labute approximate surface area is 230 Å². The van der Waals surface area contributed by atoms with Crippen LogP contribution in [-0.2, 0) is 20.4 Å². The molecule has 0 fully saturated rings. The van der Waals surface area contributed by atoms with Gasteiger partial charge >= 0.3 is 207 Å². The average molecular weight is 593 g/mol. The minimum atomic E-state index is -2.11. The van der Waals surface area contributed by atoms with E-state index < -0.39 is 25.8 Å². The van der Waals surface area contributed by atoms with Crippen molar-refractivity contribution in [1.29, 1.82) is 0 Å². The van der Waals surface area contributed by atoms with Crippen molar-refractivity contribution in [3.05, 3.63) is 132 Å². The molecule has 176 valence electrons. The zero-order valence-electron chi connectivity index (χ0n) is 20.5. The van der Waals surface area contributed by atoms with E-state index in [1.54, 1.807) is 16.3 Å². The molecule has 2 aliphatic rings. The molecule has 0 amide bonds. The first-order valence-corrected chi connectivity index (χ1v) is 19.9. The molecule has 5 rings (SSSR count). The molecular formula is C31H30Cl2SiZr. The van der Waals surface area contributed by atoms with Crippen LogP contribution in [0.2, 0.25) is 6.55 Å². The third-order valence-corrected chi connectivity index (χ3v) is 25.9. The summed E-state index contributed by atoms with van der Waals surface area (Å²) in [5, 5.41) is 1.61. The van der Waals surface area contributed by atoms with Crippen LogP contribution in [0.15, 0.2) is 121 Å². The second-order valence-electron chi connectivity index (χ2n) is 9.11. The molecule has 2 aliphatic carbocycles. The summed E-state index contributed by atoms with van der Waals surface area (Å²) in [5.41, 5.74) is 8.27. The largest absolute Gasteiger partial charge is 1.00 e. The van der Waals surface area contributed by atoms with Crippen LogP contribution in [0.3, 0.4) is 0 Å². The van der Waals surface area contributed by atoms with Crippen LogP contribution < -0.4 is 30.0 Å². The molecule has 0 saturated heterocycles. The van der Waals surface area contributed by atoms with Crippen molar-refractivity contribution in [1.82, 2.24) is 0 Å². The van der Waals surface area contributed by atoms with Gasteiger partial charge in [0, 0.05) is 0 Å². The summed E-state index contributed by atoms with van der Waals surface area (Å²) >= 11 is -2.11. The van der Waals surface area contributed by atoms with Gasteiger partial charge in [-0.05, 0) is 0 Å². The number of halogens is 2. The zero-order valence-corrected chi connectivity index (χ0v) is 25.5. The van der Waals surface area contributed by atoms with Crippen LogP contribution >= 0.6 is 0 Å². The zero-order chi connectivity index (χ0) is 22.8. The Morgan fingerprint density at radius 3 is 1.34 bits per heavy atom. The first-order chi connectivity index (χ1) is 16.1. The van der Waals surface area contributed by atoms with Crippen molar-refractivity contribution in [3.63, 3.8) is 0 Å². The van der Waals surface area contributed by atoms with Gasteiger partial charge in [0.2, 0.25) is 0 Å². The Morgan fingerprint density at radius 2 is 0.943 bits per heavy atom. The van der Waals surface area contributed by atoms with E-state index in [1.165, 1.54) is 22.3 Å². The van der Waals surface area contributed by atoms with Crippen molar-refractivity contribution in [2.75, 3.05) is 0 Å². The summed E-state index contributed by atoms with van der Waals surface area (Å²) < 4.78 is 3.65. The van der Waals surface area contributed by atoms with Crippen molar-refractivity contribution < 1.29 is 45.2 Å². The van der Waals surface area contributed by atoms with E-state index in [9.17, 15) is 0 Å². The topological polar surface area (TPSA) is 0 Å². The second kappa shape index (κ2) is 12.5. The van der Waals surface area contributed by atoms with Crippen LogP contribution in [0.5, 0.6) is 0 Å². The monoisotopic (exact) mass is 590 g/mol. The Kier molecular flexibility index (Phi) is 9.96. The van der Waals surface area contributed by atoms with Gasteiger partial charge in [0.15, 0.2) is 0 Å². The summed E-state index contributed by atoms with van der Waals surface area (Å²) in [6.45, 7) is 7.36. The Bertz CT molecular complexity index is 1270. The molecule has 0 bridgehead atoms. The van der Waals surface area contributed by atoms with Gasteiger partial charge in [-0.3, -0.25) is 0 Å². The van der Waals surface area contributed by atoms with E-state index in [0.29, 0.717) is 0 Å². The van der Waals surface area contributed by atoms with E-state index in [0.717, 1.165) is 12.8 Å². The summed E-state index contributed by atoms with van der Waals surface area (Å²) in [5.74, 6) is 0. The molecule has 0 atom stereocenters. The number of allylic oxidation sites excluding steroid dienone is 8. The number of hydrogen-bond donors (Lipinski definition) is 0. The SMILES string of the molecule is CC1=[C]([Zr+2]([C]2=C(C)C=C(c3ccccc3)C2)=[Si](C)c2ccccc2)CC(c2ccccc2)=C1.[Cl-].[Cl-]. The first-order valence-electron chi connectivity index (χ1n) is 11.8. The summed E-state index contributed by atoms with van der Waals surface area (Å²) in [6, 6.07) is 33.4. The third kappa shape index (κ3) is 6.00.